The molecule has 1 saturated heterocycles. The first kappa shape index (κ1) is 15.6. The minimum atomic E-state index is -0.195. The summed E-state index contributed by atoms with van der Waals surface area (Å²) in [7, 11) is 4.00. The molecule has 4 rings (SSSR count). The van der Waals surface area contributed by atoms with E-state index < -0.39 is 0 Å². The lowest BCUT2D eigenvalue weighted by atomic mass is 10.1. The first-order valence-electron chi connectivity index (χ1n) is 8.04. The lowest BCUT2D eigenvalue weighted by Crippen LogP contribution is -2.37. The van der Waals surface area contributed by atoms with Gasteiger partial charge >= 0.3 is 0 Å². The predicted molar refractivity (Wildman–Crippen MR) is 88.0 cm³/mol. The van der Waals surface area contributed by atoms with Crippen LogP contribution in [0.5, 0.6) is 0 Å². The van der Waals surface area contributed by atoms with Gasteiger partial charge in [0, 0.05) is 31.2 Å². The minimum absolute atomic E-state index is 0.0401. The molecule has 0 aromatic carbocycles. The third-order valence-corrected chi connectivity index (χ3v) is 4.61. The van der Waals surface area contributed by atoms with Crippen LogP contribution < -0.4 is 0 Å². The highest BCUT2D eigenvalue weighted by Crippen LogP contribution is 2.25. The SMILES string of the molecule is Cc1ccnc2nc(C(=O)N3C[C@@H](N(C)C)[C@@H](n4ccnn4)C3)nn12. The fourth-order valence-electron chi connectivity index (χ4n) is 3.24. The van der Waals surface area contributed by atoms with E-state index in [4.69, 9.17) is 0 Å². The van der Waals surface area contributed by atoms with Crippen LogP contribution >= 0.6 is 0 Å². The molecule has 1 aliphatic heterocycles. The quantitative estimate of drug-likeness (QED) is 0.642. The Morgan fingerprint density at radius 1 is 1.28 bits per heavy atom. The zero-order valence-electron chi connectivity index (χ0n) is 14.3. The van der Waals surface area contributed by atoms with Crippen LogP contribution in [0.25, 0.3) is 5.78 Å². The maximum atomic E-state index is 12.9. The highest BCUT2D eigenvalue weighted by atomic mass is 16.2. The molecule has 4 heterocycles. The Balaban J connectivity index is 1.62. The molecule has 2 atom stereocenters. The van der Waals surface area contributed by atoms with Crippen molar-refractivity contribution in [2.75, 3.05) is 27.2 Å². The second-order valence-corrected chi connectivity index (χ2v) is 6.42. The molecule has 1 aliphatic rings. The van der Waals surface area contributed by atoms with E-state index in [-0.39, 0.29) is 23.8 Å². The van der Waals surface area contributed by atoms with Gasteiger partial charge in [0.2, 0.25) is 5.82 Å². The van der Waals surface area contributed by atoms with E-state index in [0.29, 0.717) is 18.9 Å². The highest BCUT2D eigenvalue weighted by molar-refractivity contribution is 5.91. The van der Waals surface area contributed by atoms with Crippen molar-refractivity contribution in [3.8, 4) is 0 Å². The average molecular weight is 341 g/mol. The van der Waals surface area contributed by atoms with Crippen molar-refractivity contribution < 1.29 is 4.79 Å². The molecule has 1 amide bonds. The molecule has 0 N–H and O–H groups in total. The first-order chi connectivity index (χ1) is 12.0. The van der Waals surface area contributed by atoms with Gasteiger partial charge in [-0.05, 0) is 27.1 Å². The van der Waals surface area contributed by atoms with Crippen LogP contribution in [0.3, 0.4) is 0 Å². The van der Waals surface area contributed by atoms with Gasteiger partial charge in [0.05, 0.1) is 18.3 Å². The molecule has 0 radical (unpaired) electrons. The fourth-order valence-corrected chi connectivity index (χ4v) is 3.24. The number of carbonyl (C=O) groups excluding carboxylic acids is 1. The lowest BCUT2D eigenvalue weighted by Gasteiger charge is -2.24. The van der Waals surface area contributed by atoms with E-state index in [9.17, 15) is 4.79 Å². The number of likely N-dealkylation sites (tertiary alicyclic amines) is 1. The second-order valence-electron chi connectivity index (χ2n) is 6.42. The summed E-state index contributed by atoms with van der Waals surface area (Å²) in [6, 6.07) is 2.01. The van der Waals surface area contributed by atoms with Gasteiger partial charge in [-0.15, -0.1) is 10.2 Å². The molecule has 0 aliphatic carbocycles. The van der Waals surface area contributed by atoms with Crippen molar-refractivity contribution in [3.05, 3.63) is 36.2 Å². The smallest absolute Gasteiger partial charge is 0.293 e. The molecule has 25 heavy (non-hydrogen) atoms. The van der Waals surface area contributed by atoms with E-state index in [1.54, 1.807) is 26.5 Å². The zero-order valence-corrected chi connectivity index (χ0v) is 14.3. The number of aromatic nitrogens is 7. The number of likely N-dealkylation sites (N-methyl/N-ethyl adjacent to an activating group) is 1. The van der Waals surface area contributed by atoms with Gasteiger partial charge in [-0.1, -0.05) is 5.21 Å². The summed E-state index contributed by atoms with van der Waals surface area (Å²) in [6.45, 7) is 3.02. The maximum absolute atomic E-state index is 12.9. The molecule has 0 saturated carbocycles. The Morgan fingerprint density at radius 3 is 2.80 bits per heavy atom. The topological polar surface area (TPSA) is 97.3 Å². The zero-order chi connectivity index (χ0) is 17.6. The first-order valence-corrected chi connectivity index (χ1v) is 8.04. The molecular formula is C15H19N9O. The van der Waals surface area contributed by atoms with Crippen LogP contribution in [0.2, 0.25) is 0 Å². The third kappa shape index (κ3) is 2.64. The van der Waals surface area contributed by atoms with Crippen LogP contribution in [0.1, 0.15) is 22.4 Å². The summed E-state index contributed by atoms with van der Waals surface area (Å²) in [5.74, 6) is 0.400. The van der Waals surface area contributed by atoms with Crippen molar-refractivity contribution in [2.24, 2.45) is 0 Å². The molecule has 0 bridgehead atoms. The molecule has 1 fully saturated rings. The third-order valence-electron chi connectivity index (χ3n) is 4.61. The number of aryl methyl sites for hydroxylation is 1. The summed E-state index contributed by atoms with van der Waals surface area (Å²) in [4.78, 5) is 25.2. The number of fused-ring (bicyclic) bond motifs is 1. The van der Waals surface area contributed by atoms with Gasteiger partial charge in [-0.25, -0.2) is 14.2 Å². The molecule has 10 nitrogen and oxygen atoms in total. The number of amides is 1. The van der Waals surface area contributed by atoms with Gasteiger partial charge in [-0.3, -0.25) is 4.79 Å². The summed E-state index contributed by atoms with van der Waals surface area (Å²) in [6.07, 6.45) is 5.13. The Morgan fingerprint density at radius 2 is 2.12 bits per heavy atom. The highest BCUT2D eigenvalue weighted by Gasteiger charge is 2.39. The predicted octanol–water partition coefficient (Wildman–Crippen LogP) is -0.348. The normalized spacial score (nSPS) is 20.7. The summed E-state index contributed by atoms with van der Waals surface area (Å²) >= 11 is 0. The number of rotatable bonds is 3. The Bertz CT molecular complexity index is 901. The van der Waals surface area contributed by atoms with E-state index in [0.717, 1.165) is 5.69 Å². The number of hydrogen-bond acceptors (Lipinski definition) is 7. The molecular weight excluding hydrogens is 322 g/mol. The van der Waals surface area contributed by atoms with Crippen LogP contribution in [0.4, 0.5) is 0 Å². The molecule has 0 spiro atoms. The van der Waals surface area contributed by atoms with Gasteiger partial charge in [0.15, 0.2) is 0 Å². The van der Waals surface area contributed by atoms with E-state index >= 15 is 0 Å². The van der Waals surface area contributed by atoms with Crippen molar-refractivity contribution in [3.63, 3.8) is 0 Å². The number of carbonyl (C=O) groups is 1. The van der Waals surface area contributed by atoms with Gasteiger partial charge in [-0.2, -0.15) is 4.98 Å². The monoisotopic (exact) mass is 341 g/mol. The Hall–Kier alpha value is -2.88. The minimum Gasteiger partial charge on any atom is -0.332 e. The van der Waals surface area contributed by atoms with E-state index in [1.807, 2.05) is 33.3 Å². The largest absolute Gasteiger partial charge is 0.332 e. The lowest BCUT2D eigenvalue weighted by molar-refractivity contribution is 0.0769. The molecule has 3 aromatic heterocycles. The van der Waals surface area contributed by atoms with Crippen molar-refractivity contribution in [1.29, 1.82) is 0 Å². The van der Waals surface area contributed by atoms with Gasteiger partial charge < -0.3 is 9.80 Å². The van der Waals surface area contributed by atoms with E-state index in [2.05, 4.69) is 30.3 Å². The summed E-state index contributed by atoms with van der Waals surface area (Å²) in [5, 5.41) is 12.3. The molecule has 3 aromatic rings. The van der Waals surface area contributed by atoms with Crippen molar-refractivity contribution >= 4 is 11.7 Å². The Kier molecular flexibility index (Phi) is 3.68. The summed E-state index contributed by atoms with van der Waals surface area (Å²) < 4.78 is 3.39. The Labute approximate surface area is 144 Å². The second kappa shape index (κ2) is 5.88. The molecule has 10 heteroatoms. The van der Waals surface area contributed by atoms with Gasteiger partial charge in [0.1, 0.15) is 0 Å². The maximum Gasteiger partial charge on any atom is 0.293 e. The fraction of sp³-hybridized carbons (Fsp3) is 0.467. The van der Waals surface area contributed by atoms with Crippen LogP contribution in [-0.4, -0.2) is 83.5 Å². The van der Waals surface area contributed by atoms with Crippen LogP contribution in [0.15, 0.2) is 24.7 Å². The van der Waals surface area contributed by atoms with Crippen molar-refractivity contribution in [1.82, 2.24) is 44.4 Å². The molecule has 130 valence electrons. The molecule has 0 unspecified atom stereocenters. The van der Waals surface area contributed by atoms with Gasteiger partial charge in [0.25, 0.3) is 11.7 Å². The average Bonchev–Trinajstić information content (AvgIpc) is 3.32. The summed E-state index contributed by atoms with van der Waals surface area (Å²) in [5.41, 5.74) is 0.879. The number of hydrogen-bond donors (Lipinski definition) is 0. The number of nitrogens with zero attached hydrogens (tertiary/aromatic N) is 9. The van der Waals surface area contributed by atoms with Crippen LogP contribution in [-0.2, 0) is 0 Å². The van der Waals surface area contributed by atoms with Crippen LogP contribution in [0, 0.1) is 6.92 Å². The van der Waals surface area contributed by atoms with Crippen molar-refractivity contribution in [2.45, 2.75) is 19.0 Å². The standard InChI is InChI=1S/C15H19N9O/c1-10-4-5-16-15-18-13(19-24(10)15)14(25)22-8-11(21(2)3)12(9-22)23-7-6-17-20-23/h4-7,11-12H,8-9H2,1-3H3/t11-,12+/m1/s1. The van der Waals surface area contributed by atoms with E-state index in [1.165, 1.54) is 0 Å².